The maximum Gasteiger partial charge on any atom is 0.243 e. The number of nitrogens with zero attached hydrogens (tertiary/aromatic N) is 1. The number of likely N-dealkylation sites (tertiary alicyclic amines) is 1. The zero-order valence-electron chi connectivity index (χ0n) is 12.8. The highest BCUT2D eigenvalue weighted by Gasteiger charge is 2.33. The van der Waals surface area contributed by atoms with Gasteiger partial charge in [-0.3, -0.25) is 14.4 Å². The molecule has 6 nitrogen and oxygen atoms in total. The number of benzene rings is 1. The molecule has 7 heteroatoms. The van der Waals surface area contributed by atoms with Gasteiger partial charge in [0.2, 0.25) is 17.7 Å². The van der Waals surface area contributed by atoms with Crippen LogP contribution in [0.25, 0.3) is 0 Å². The molecule has 0 bridgehead atoms. The Morgan fingerprint density at radius 2 is 1.91 bits per heavy atom. The predicted molar refractivity (Wildman–Crippen MR) is 86.5 cm³/mol. The van der Waals surface area contributed by atoms with Gasteiger partial charge in [0, 0.05) is 31.0 Å². The number of rotatable bonds is 6. The second kappa shape index (κ2) is 7.97. The van der Waals surface area contributed by atoms with E-state index in [0.717, 1.165) is 12.0 Å². The number of hydrogen-bond donors (Lipinski definition) is 2. The molecule has 1 unspecified atom stereocenters. The summed E-state index contributed by atoms with van der Waals surface area (Å²) in [7, 11) is 0. The number of primary amides is 1. The smallest absolute Gasteiger partial charge is 0.243 e. The molecular formula is C16H20ClN3O3. The summed E-state index contributed by atoms with van der Waals surface area (Å²) in [5, 5.41) is 3.48. The van der Waals surface area contributed by atoms with Crippen LogP contribution in [0.15, 0.2) is 24.3 Å². The number of halogens is 1. The summed E-state index contributed by atoms with van der Waals surface area (Å²) >= 11 is 5.82. The molecule has 1 aliphatic heterocycles. The van der Waals surface area contributed by atoms with E-state index in [2.05, 4.69) is 5.32 Å². The molecule has 3 amide bonds. The van der Waals surface area contributed by atoms with Gasteiger partial charge in [-0.05, 0) is 30.5 Å². The molecule has 0 aromatic heterocycles. The van der Waals surface area contributed by atoms with E-state index < -0.39 is 11.9 Å². The van der Waals surface area contributed by atoms with Gasteiger partial charge in [0.05, 0.1) is 0 Å². The normalized spacial score (nSPS) is 17.1. The molecule has 1 atom stereocenters. The summed E-state index contributed by atoms with van der Waals surface area (Å²) in [6.45, 7) is 0.923. The van der Waals surface area contributed by atoms with E-state index in [1.807, 2.05) is 12.1 Å². The van der Waals surface area contributed by atoms with Gasteiger partial charge in [0.1, 0.15) is 6.04 Å². The quantitative estimate of drug-likeness (QED) is 0.817. The van der Waals surface area contributed by atoms with Gasteiger partial charge in [-0.2, -0.15) is 0 Å². The molecule has 2 rings (SSSR count). The maximum absolute atomic E-state index is 12.3. The number of nitrogens with one attached hydrogen (secondary N) is 1. The van der Waals surface area contributed by atoms with Crippen LogP contribution in [0.2, 0.25) is 5.02 Å². The van der Waals surface area contributed by atoms with Gasteiger partial charge >= 0.3 is 0 Å². The van der Waals surface area contributed by atoms with Crippen LogP contribution >= 0.6 is 11.6 Å². The molecule has 1 saturated heterocycles. The second-order valence-corrected chi connectivity index (χ2v) is 5.99. The van der Waals surface area contributed by atoms with Gasteiger partial charge in [0.15, 0.2) is 0 Å². The fourth-order valence-electron chi connectivity index (χ4n) is 2.62. The van der Waals surface area contributed by atoms with Crippen molar-refractivity contribution in [2.75, 3.05) is 6.54 Å². The highest BCUT2D eigenvalue weighted by Crippen LogP contribution is 2.19. The third-order valence-corrected chi connectivity index (χ3v) is 4.09. The van der Waals surface area contributed by atoms with Crippen LogP contribution in [-0.4, -0.2) is 35.2 Å². The van der Waals surface area contributed by atoms with Gasteiger partial charge in [-0.1, -0.05) is 23.7 Å². The molecule has 1 aromatic carbocycles. The van der Waals surface area contributed by atoms with Crippen molar-refractivity contribution in [1.29, 1.82) is 0 Å². The molecule has 1 aromatic rings. The van der Waals surface area contributed by atoms with Crippen LogP contribution in [0.1, 0.15) is 31.2 Å². The summed E-state index contributed by atoms with van der Waals surface area (Å²) in [6.07, 6.45) is 1.47. The first-order chi connectivity index (χ1) is 11.0. The molecule has 23 heavy (non-hydrogen) atoms. The number of carbonyl (C=O) groups is 3. The lowest BCUT2D eigenvalue weighted by Gasteiger charge is -2.24. The van der Waals surface area contributed by atoms with Crippen molar-refractivity contribution in [1.82, 2.24) is 10.2 Å². The number of nitrogens with two attached hydrogens (primary N) is 1. The molecule has 0 radical (unpaired) electrons. The van der Waals surface area contributed by atoms with E-state index in [1.54, 1.807) is 17.0 Å². The molecule has 1 aliphatic rings. The van der Waals surface area contributed by atoms with Crippen molar-refractivity contribution in [3.8, 4) is 0 Å². The third-order valence-electron chi connectivity index (χ3n) is 3.84. The molecule has 3 N–H and O–H groups in total. The highest BCUT2D eigenvalue weighted by molar-refractivity contribution is 6.30. The van der Waals surface area contributed by atoms with Crippen LogP contribution in [0.4, 0.5) is 0 Å². The van der Waals surface area contributed by atoms with Gasteiger partial charge in [0.25, 0.3) is 0 Å². The van der Waals surface area contributed by atoms with E-state index in [1.165, 1.54) is 0 Å². The van der Waals surface area contributed by atoms with E-state index in [4.69, 9.17) is 17.3 Å². The number of amides is 3. The Morgan fingerprint density at radius 3 is 2.57 bits per heavy atom. The largest absolute Gasteiger partial charge is 0.370 e. The zero-order valence-corrected chi connectivity index (χ0v) is 13.5. The Balaban J connectivity index is 1.88. The predicted octanol–water partition coefficient (Wildman–Crippen LogP) is 1.21. The standard InChI is InChI=1S/C16H20ClN3O3/c17-12-5-3-11(4-6-12)10-19-16(23)13-2-1-9-20(13)15(22)8-7-14(18)21/h3-6,13H,1-2,7-10H2,(H2,18,21)(H,19,23). The SMILES string of the molecule is NC(=O)CCC(=O)N1CCCC1C(=O)NCc1ccc(Cl)cc1. The Hall–Kier alpha value is -2.08. The Morgan fingerprint density at radius 1 is 1.22 bits per heavy atom. The highest BCUT2D eigenvalue weighted by atomic mass is 35.5. The molecule has 1 heterocycles. The average molecular weight is 338 g/mol. The summed E-state index contributed by atoms with van der Waals surface area (Å²) in [4.78, 5) is 36.7. The Labute approximate surface area is 140 Å². The minimum Gasteiger partial charge on any atom is -0.370 e. The number of carbonyl (C=O) groups excluding carboxylic acids is 3. The molecule has 124 valence electrons. The lowest BCUT2D eigenvalue weighted by Crippen LogP contribution is -2.45. The van der Waals surface area contributed by atoms with Crippen molar-refractivity contribution in [3.63, 3.8) is 0 Å². The van der Waals surface area contributed by atoms with Crippen molar-refractivity contribution in [2.24, 2.45) is 5.73 Å². The van der Waals surface area contributed by atoms with Crippen LogP contribution in [0, 0.1) is 0 Å². The average Bonchev–Trinajstić information content (AvgIpc) is 3.01. The molecule has 0 saturated carbocycles. The zero-order chi connectivity index (χ0) is 16.8. The lowest BCUT2D eigenvalue weighted by atomic mass is 10.1. The molecule has 0 spiro atoms. The van der Waals surface area contributed by atoms with E-state index in [0.29, 0.717) is 24.5 Å². The van der Waals surface area contributed by atoms with Crippen molar-refractivity contribution in [3.05, 3.63) is 34.9 Å². The maximum atomic E-state index is 12.3. The van der Waals surface area contributed by atoms with Crippen molar-refractivity contribution < 1.29 is 14.4 Å². The van der Waals surface area contributed by atoms with E-state index in [-0.39, 0.29) is 24.7 Å². The number of hydrogen-bond acceptors (Lipinski definition) is 3. The van der Waals surface area contributed by atoms with Crippen LogP contribution < -0.4 is 11.1 Å². The second-order valence-electron chi connectivity index (χ2n) is 5.56. The minimum atomic E-state index is -0.513. The summed E-state index contributed by atoms with van der Waals surface area (Å²) in [5.41, 5.74) is 6.00. The first-order valence-electron chi connectivity index (χ1n) is 7.57. The monoisotopic (exact) mass is 337 g/mol. The fraction of sp³-hybridized carbons (Fsp3) is 0.438. The van der Waals surface area contributed by atoms with E-state index in [9.17, 15) is 14.4 Å². The molecule has 1 fully saturated rings. The van der Waals surface area contributed by atoms with Crippen LogP contribution in [-0.2, 0) is 20.9 Å². The van der Waals surface area contributed by atoms with Gasteiger partial charge < -0.3 is 16.0 Å². The first kappa shape index (κ1) is 17.3. The molecular weight excluding hydrogens is 318 g/mol. The summed E-state index contributed by atoms with van der Waals surface area (Å²) < 4.78 is 0. The van der Waals surface area contributed by atoms with Crippen LogP contribution in [0.5, 0.6) is 0 Å². The summed E-state index contributed by atoms with van der Waals surface area (Å²) in [5.74, 6) is -0.890. The van der Waals surface area contributed by atoms with Gasteiger partial charge in [-0.25, -0.2) is 0 Å². The Kier molecular flexibility index (Phi) is 5.98. The van der Waals surface area contributed by atoms with Crippen molar-refractivity contribution in [2.45, 2.75) is 38.3 Å². The summed E-state index contributed by atoms with van der Waals surface area (Å²) in [6, 6.07) is 6.74. The molecule has 0 aliphatic carbocycles. The third kappa shape index (κ3) is 4.96. The Bertz CT molecular complexity index is 589. The van der Waals surface area contributed by atoms with Crippen molar-refractivity contribution >= 4 is 29.3 Å². The fourth-order valence-corrected chi connectivity index (χ4v) is 2.75. The topological polar surface area (TPSA) is 92.5 Å². The minimum absolute atomic E-state index is 0.00838. The van der Waals surface area contributed by atoms with Gasteiger partial charge in [-0.15, -0.1) is 0 Å². The van der Waals surface area contributed by atoms with Crippen LogP contribution in [0.3, 0.4) is 0 Å². The lowest BCUT2D eigenvalue weighted by molar-refractivity contribution is -0.139. The van der Waals surface area contributed by atoms with E-state index >= 15 is 0 Å². The first-order valence-corrected chi connectivity index (χ1v) is 7.95.